The van der Waals surface area contributed by atoms with Crippen LogP contribution in [0.4, 0.5) is 0 Å². The number of hydrogen-bond donors (Lipinski definition) is 0. The van der Waals surface area contributed by atoms with Crippen molar-refractivity contribution in [3.05, 3.63) is 23.5 Å². The minimum Gasteiger partial charge on any atom is -0.399 e. The van der Waals surface area contributed by atoms with Crippen molar-refractivity contribution in [2.24, 2.45) is 0 Å². The van der Waals surface area contributed by atoms with E-state index in [0.717, 1.165) is 24.4 Å². The molecule has 3 heterocycles. The van der Waals surface area contributed by atoms with Crippen molar-refractivity contribution < 1.29 is 14.0 Å². The molecule has 1 aromatic heterocycles. The molecule has 2 saturated heterocycles. The first-order chi connectivity index (χ1) is 9.32. The summed E-state index contributed by atoms with van der Waals surface area (Å²) in [5.74, 6) is 0.365. The van der Waals surface area contributed by atoms with Gasteiger partial charge < -0.3 is 14.0 Å². The average Bonchev–Trinajstić information content (AvgIpc) is 2.45. The molecule has 108 valence electrons. The van der Waals surface area contributed by atoms with Crippen molar-refractivity contribution in [3.63, 3.8) is 0 Å². The SMILES string of the molecule is Cc1ccnc(C2COC2)c1B1OC(C)(C)C(C)(C)O1. The van der Waals surface area contributed by atoms with Gasteiger partial charge in [0, 0.05) is 23.3 Å². The summed E-state index contributed by atoms with van der Waals surface area (Å²) in [6.07, 6.45) is 1.86. The van der Waals surface area contributed by atoms with Crippen LogP contribution in [0.1, 0.15) is 44.9 Å². The minimum absolute atomic E-state index is 0.326. The topological polar surface area (TPSA) is 40.6 Å². The van der Waals surface area contributed by atoms with Crippen molar-refractivity contribution in [1.82, 2.24) is 4.98 Å². The van der Waals surface area contributed by atoms with Crippen molar-refractivity contribution in [1.29, 1.82) is 0 Å². The summed E-state index contributed by atoms with van der Waals surface area (Å²) < 4.78 is 17.7. The average molecular weight is 275 g/mol. The fourth-order valence-corrected chi connectivity index (χ4v) is 2.58. The molecular formula is C15H22BNO3. The molecule has 1 aromatic rings. The molecule has 0 unspecified atom stereocenters. The summed E-state index contributed by atoms with van der Waals surface area (Å²) in [4.78, 5) is 4.56. The zero-order valence-electron chi connectivity index (χ0n) is 12.9. The summed E-state index contributed by atoms with van der Waals surface area (Å²) >= 11 is 0. The number of aryl methyl sites for hydroxylation is 1. The highest BCUT2D eigenvalue weighted by Gasteiger charge is 2.53. The molecule has 2 aliphatic rings. The third-order valence-corrected chi connectivity index (χ3v) is 4.75. The van der Waals surface area contributed by atoms with Gasteiger partial charge in [-0.2, -0.15) is 0 Å². The predicted octanol–water partition coefficient (Wildman–Crippen LogP) is 1.80. The van der Waals surface area contributed by atoms with Gasteiger partial charge in [-0.25, -0.2) is 0 Å². The van der Waals surface area contributed by atoms with Gasteiger partial charge in [-0.3, -0.25) is 4.98 Å². The van der Waals surface area contributed by atoms with Gasteiger partial charge in [0.25, 0.3) is 0 Å². The maximum atomic E-state index is 6.19. The molecule has 0 aliphatic carbocycles. The molecule has 3 rings (SSSR count). The second-order valence-electron chi connectivity index (χ2n) is 6.75. The van der Waals surface area contributed by atoms with E-state index >= 15 is 0 Å². The van der Waals surface area contributed by atoms with Gasteiger partial charge in [-0.1, -0.05) is 0 Å². The zero-order valence-corrected chi connectivity index (χ0v) is 12.9. The van der Waals surface area contributed by atoms with E-state index < -0.39 is 0 Å². The van der Waals surface area contributed by atoms with Crippen molar-refractivity contribution >= 4 is 12.6 Å². The molecule has 0 bridgehead atoms. The Morgan fingerprint density at radius 2 is 1.75 bits per heavy atom. The zero-order chi connectivity index (χ0) is 14.5. The van der Waals surface area contributed by atoms with E-state index in [0.29, 0.717) is 5.92 Å². The van der Waals surface area contributed by atoms with E-state index in [9.17, 15) is 0 Å². The molecule has 0 amide bonds. The van der Waals surface area contributed by atoms with E-state index in [2.05, 4.69) is 39.6 Å². The summed E-state index contributed by atoms with van der Waals surface area (Å²) in [6, 6.07) is 2.02. The second-order valence-corrected chi connectivity index (χ2v) is 6.75. The fourth-order valence-electron chi connectivity index (χ4n) is 2.58. The van der Waals surface area contributed by atoms with Crippen molar-refractivity contribution in [3.8, 4) is 0 Å². The van der Waals surface area contributed by atoms with Gasteiger partial charge >= 0.3 is 7.12 Å². The molecule has 20 heavy (non-hydrogen) atoms. The second kappa shape index (κ2) is 4.55. The minimum atomic E-state index is -0.343. The van der Waals surface area contributed by atoms with Crippen molar-refractivity contribution in [2.75, 3.05) is 13.2 Å². The van der Waals surface area contributed by atoms with Crippen LogP contribution < -0.4 is 5.46 Å². The van der Waals surface area contributed by atoms with Crippen LogP contribution in [-0.2, 0) is 14.0 Å². The Hall–Kier alpha value is -0.905. The van der Waals surface area contributed by atoms with E-state index in [4.69, 9.17) is 14.0 Å². The van der Waals surface area contributed by atoms with Crippen LogP contribution in [-0.4, -0.2) is 36.5 Å². The lowest BCUT2D eigenvalue weighted by Crippen LogP contribution is -2.42. The summed E-state index contributed by atoms with van der Waals surface area (Å²) in [6.45, 7) is 11.9. The Balaban J connectivity index is 1.99. The maximum absolute atomic E-state index is 6.19. The van der Waals surface area contributed by atoms with E-state index in [-0.39, 0.29) is 18.3 Å². The lowest BCUT2D eigenvalue weighted by atomic mass is 9.72. The fraction of sp³-hybridized carbons (Fsp3) is 0.667. The van der Waals surface area contributed by atoms with Crippen LogP contribution in [0.3, 0.4) is 0 Å². The molecule has 4 nitrogen and oxygen atoms in total. The predicted molar refractivity (Wildman–Crippen MR) is 78.3 cm³/mol. The van der Waals surface area contributed by atoms with Gasteiger partial charge in [-0.15, -0.1) is 0 Å². The standard InChI is InChI=1S/C15H22BNO3/c1-10-6-7-17-13(11-8-18-9-11)12(10)16-19-14(2,3)15(4,5)20-16/h6-7,11H,8-9H2,1-5H3. The number of nitrogens with zero attached hydrogens (tertiary/aromatic N) is 1. The van der Waals surface area contributed by atoms with Crippen LogP contribution in [0.25, 0.3) is 0 Å². The van der Waals surface area contributed by atoms with Crippen LogP contribution in [0.2, 0.25) is 0 Å². The third kappa shape index (κ3) is 2.08. The third-order valence-electron chi connectivity index (χ3n) is 4.75. The van der Waals surface area contributed by atoms with E-state index in [1.54, 1.807) is 0 Å². The highest BCUT2D eigenvalue weighted by molar-refractivity contribution is 6.63. The van der Waals surface area contributed by atoms with E-state index in [1.165, 1.54) is 5.56 Å². The molecular weight excluding hydrogens is 253 g/mol. The van der Waals surface area contributed by atoms with Gasteiger partial charge in [0.05, 0.1) is 24.4 Å². The lowest BCUT2D eigenvalue weighted by Gasteiger charge is -2.32. The number of rotatable bonds is 2. The van der Waals surface area contributed by atoms with Gasteiger partial charge in [0.1, 0.15) is 0 Å². The smallest absolute Gasteiger partial charge is 0.399 e. The number of pyridine rings is 1. The summed E-state index contributed by atoms with van der Waals surface area (Å²) in [5, 5.41) is 0. The summed E-state index contributed by atoms with van der Waals surface area (Å²) in [7, 11) is -0.343. The molecule has 5 heteroatoms. The Morgan fingerprint density at radius 3 is 2.25 bits per heavy atom. The highest BCUT2D eigenvalue weighted by atomic mass is 16.7. The first-order valence-electron chi connectivity index (χ1n) is 7.20. The number of hydrogen-bond acceptors (Lipinski definition) is 4. The number of aromatic nitrogens is 1. The molecule has 0 atom stereocenters. The van der Waals surface area contributed by atoms with Crippen LogP contribution in [0, 0.1) is 6.92 Å². The van der Waals surface area contributed by atoms with Gasteiger partial charge in [-0.05, 0) is 46.2 Å². The molecule has 2 fully saturated rings. The molecule has 0 aromatic carbocycles. The monoisotopic (exact) mass is 275 g/mol. The van der Waals surface area contributed by atoms with Crippen molar-refractivity contribution in [2.45, 2.75) is 51.7 Å². The van der Waals surface area contributed by atoms with Crippen LogP contribution in [0.5, 0.6) is 0 Å². The lowest BCUT2D eigenvalue weighted by molar-refractivity contribution is 0.00578. The van der Waals surface area contributed by atoms with E-state index in [1.807, 2.05) is 12.3 Å². The molecule has 0 N–H and O–H groups in total. The Labute approximate surface area is 121 Å². The Morgan fingerprint density at radius 1 is 1.15 bits per heavy atom. The van der Waals surface area contributed by atoms with Crippen LogP contribution in [0.15, 0.2) is 12.3 Å². The quantitative estimate of drug-likeness (QED) is 0.772. The highest BCUT2D eigenvalue weighted by Crippen LogP contribution is 2.37. The number of ether oxygens (including phenoxy) is 1. The maximum Gasteiger partial charge on any atom is 0.497 e. The largest absolute Gasteiger partial charge is 0.497 e. The molecule has 0 radical (unpaired) electrons. The van der Waals surface area contributed by atoms with Gasteiger partial charge in [0.2, 0.25) is 0 Å². The molecule has 2 aliphatic heterocycles. The summed E-state index contributed by atoms with van der Waals surface area (Å²) in [5.41, 5.74) is 2.66. The first kappa shape index (κ1) is 14.0. The Bertz CT molecular complexity index is 510. The van der Waals surface area contributed by atoms with Crippen LogP contribution >= 0.6 is 0 Å². The first-order valence-corrected chi connectivity index (χ1v) is 7.20. The Kier molecular flexibility index (Phi) is 3.20. The van der Waals surface area contributed by atoms with Gasteiger partial charge in [0.15, 0.2) is 0 Å². The molecule has 0 saturated carbocycles. The molecule has 0 spiro atoms. The normalized spacial score (nSPS) is 24.8.